The molecule has 0 spiro atoms. The minimum Gasteiger partial charge on any atom is -0.319 e. The summed E-state index contributed by atoms with van der Waals surface area (Å²) in [4.78, 5) is 16.9. The van der Waals surface area contributed by atoms with Gasteiger partial charge >= 0.3 is 0 Å². The van der Waals surface area contributed by atoms with Gasteiger partial charge in [0.05, 0.1) is 22.0 Å². The number of anilines is 1. The van der Waals surface area contributed by atoms with Crippen molar-refractivity contribution in [2.24, 2.45) is 0 Å². The van der Waals surface area contributed by atoms with E-state index in [1.54, 1.807) is 53.9 Å². The number of hydrogen-bond acceptors (Lipinski definition) is 3. The van der Waals surface area contributed by atoms with E-state index in [0.717, 1.165) is 0 Å². The molecule has 2 aromatic heterocycles. The van der Waals surface area contributed by atoms with Gasteiger partial charge in [0.1, 0.15) is 17.4 Å². The summed E-state index contributed by atoms with van der Waals surface area (Å²) in [6.07, 6.45) is 1.64. The molecule has 0 radical (unpaired) electrons. The number of pyridine rings is 1. The normalized spacial score (nSPS) is 10.4. The summed E-state index contributed by atoms with van der Waals surface area (Å²) < 4.78 is 1.64. The van der Waals surface area contributed by atoms with E-state index in [9.17, 15) is 4.79 Å². The van der Waals surface area contributed by atoms with Crippen LogP contribution in [0.1, 0.15) is 21.7 Å². The number of amides is 1. The minimum absolute atomic E-state index is 0.338. The highest BCUT2D eigenvalue weighted by Gasteiger charge is 2.17. The molecule has 5 nitrogen and oxygen atoms in total. The van der Waals surface area contributed by atoms with E-state index >= 15 is 0 Å². The first-order valence-electron chi connectivity index (χ1n) is 6.55. The molecule has 1 aromatic carbocycles. The van der Waals surface area contributed by atoms with Crippen molar-refractivity contribution in [2.75, 3.05) is 5.32 Å². The predicted octanol–water partition coefficient (Wildman–Crippen LogP) is 3.42. The summed E-state index contributed by atoms with van der Waals surface area (Å²) in [6, 6.07) is 12.3. The van der Waals surface area contributed by atoms with Crippen LogP contribution >= 0.6 is 11.6 Å². The fraction of sp³-hybridized carbons (Fsp3) is 0.0625. The second-order valence-electron chi connectivity index (χ2n) is 4.73. The topological polar surface area (TPSA) is 70.2 Å². The zero-order valence-electron chi connectivity index (χ0n) is 11.7. The van der Waals surface area contributed by atoms with Crippen LogP contribution in [0, 0.1) is 18.3 Å². The number of nitrogens with zero attached hydrogens (tertiary/aromatic N) is 3. The van der Waals surface area contributed by atoms with Crippen molar-refractivity contribution in [1.82, 2.24) is 9.38 Å². The molecule has 22 heavy (non-hydrogen) atoms. The van der Waals surface area contributed by atoms with Crippen molar-refractivity contribution in [3.8, 4) is 6.07 Å². The molecule has 6 heteroatoms. The number of aryl methyl sites for hydroxylation is 1. The molecule has 3 aromatic rings. The number of halogens is 1. The third kappa shape index (κ3) is 2.41. The largest absolute Gasteiger partial charge is 0.319 e. The summed E-state index contributed by atoms with van der Waals surface area (Å²) in [5.41, 5.74) is 2.49. The zero-order chi connectivity index (χ0) is 15.7. The van der Waals surface area contributed by atoms with Gasteiger partial charge in [0.15, 0.2) is 0 Å². The predicted molar refractivity (Wildman–Crippen MR) is 84.0 cm³/mol. The summed E-state index contributed by atoms with van der Waals surface area (Å²) in [5.74, 6) is -0.338. The lowest BCUT2D eigenvalue weighted by molar-refractivity contribution is 0.102. The van der Waals surface area contributed by atoms with Gasteiger partial charge in [0.2, 0.25) is 0 Å². The SMILES string of the molecule is Cc1nc2ccc(Cl)cn2c1C(=O)Nc1ccccc1C#N. The molecule has 3 rings (SSSR count). The van der Waals surface area contributed by atoms with Crippen LogP contribution < -0.4 is 5.32 Å². The van der Waals surface area contributed by atoms with Gasteiger partial charge < -0.3 is 5.32 Å². The van der Waals surface area contributed by atoms with Crippen LogP contribution in [-0.4, -0.2) is 15.3 Å². The number of hydrogen-bond donors (Lipinski definition) is 1. The van der Waals surface area contributed by atoms with E-state index in [1.165, 1.54) is 0 Å². The highest BCUT2D eigenvalue weighted by atomic mass is 35.5. The molecule has 2 heterocycles. The van der Waals surface area contributed by atoms with Gasteiger partial charge in [0.25, 0.3) is 5.91 Å². The van der Waals surface area contributed by atoms with Gasteiger partial charge in [-0.3, -0.25) is 9.20 Å². The molecule has 0 aliphatic rings. The first kappa shape index (κ1) is 14.1. The summed E-state index contributed by atoms with van der Waals surface area (Å²) >= 11 is 5.99. The van der Waals surface area contributed by atoms with Crippen LogP contribution in [0.4, 0.5) is 5.69 Å². The highest BCUT2D eigenvalue weighted by Crippen LogP contribution is 2.19. The minimum atomic E-state index is -0.338. The maximum atomic E-state index is 12.6. The number of fused-ring (bicyclic) bond motifs is 1. The fourth-order valence-electron chi connectivity index (χ4n) is 2.28. The van der Waals surface area contributed by atoms with Crippen molar-refractivity contribution in [3.05, 3.63) is 64.6 Å². The molecule has 0 aliphatic carbocycles. The molecule has 108 valence electrons. The summed E-state index contributed by atoms with van der Waals surface area (Å²) in [5, 5.41) is 12.3. The number of rotatable bonds is 2. The standard InChI is InChI=1S/C16H11ClN4O/c1-10-15(21-9-12(17)6-7-14(21)19-10)16(22)20-13-5-3-2-4-11(13)8-18/h2-7,9H,1H3,(H,20,22). The Morgan fingerprint density at radius 1 is 1.32 bits per heavy atom. The van der Waals surface area contributed by atoms with Gasteiger partial charge in [-0.2, -0.15) is 5.26 Å². The molecule has 0 bridgehead atoms. The molecule has 0 atom stereocenters. The Morgan fingerprint density at radius 3 is 2.86 bits per heavy atom. The van der Waals surface area contributed by atoms with Crippen LogP contribution in [-0.2, 0) is 0 Å². The Morgan fingerprint density at radius 2 is 2.09 bits per heavy atom. The number of nitrogens with one attached hydrogen (secondary N) is 1. The van der Waals surface area contributed by atoms with Gasteiger partial charge in [-0.1, -0.05) is 23.7 Å². The number of carbonyl (C=O) groups excluding carboxylic acids is 1. The van der Waals surface area contributed by atoms with E-state index in [0.29, 0.717) is 33.3 Å². The second kappa shape index (κ2) is 5.51. The quantitative estimate of drug-likeness (QED) is 0.788. The Balaban J connectivity index is 2.04. The molecule has 0 unspecified atom stereocenters. The van der Waals surface area contributed by atoms with Crippen LogP contribution in [0.3, 0.4) is 0 Å². The fourth-order valence-corrected chi connectivity index (χ4v) is 2.44. The van der Waals surface area contributed by atoms with Crippen molar-refractivity contribution >= 4 is 28.8 Å². The molecule has 0 saturated carbocycles. The van der Waals surface area contributed by atoms with E-state index in [1.807, 2.05) is 6.07 Å². The first-order chi connectivity index (χ1) is 10.6. The van der Waals surface area contributed by atoms with Gasteiger partial charge in [0, 0.05) is 6.20 Å². The van der Waals surface area contributed by atoms with Crippen molar-refractivity contribution in [2.45, 2.75) is 6.92 Å². The van der Waals surface area contributed by atoms with E-state index in [4.69, 9.17) is 16.9 Å². The van der Waals surface area contributed by atoms with Crippen molar-refractivity contribution in [3.63, 3.8) is 0 Å². The van der Waals surface area contributed by atoms with Gasteiger partial charge in [-0.15, -0.1) is 0 Å². The number of imidazole rings is 1. The molecular weight excluding hydrogens is 300 g/mol. The third-order valence-corrected chi connectivity index (χ3v) is 3.49. The van der Waals surface area contributed by atoms with E-state index in [-0.39, 0.29) is 5.91 Å². The molecule has 0 fully saturated rings. The van der Waals surface area contributed by atoms with Crippen molar-refractivity contribution in [1.29, 1.82) is 5.26 Å². The summed E-state index contributed by atoms with van der Waals surface area (Å²) in [6.45, 7) is 1.76. The summed E-state index contributed by atoms with van der Waals surface area (Å²) in [7, 11) is 0. The van der Waals surface area contributed by atoms with Gasteiger partial charge in [-0.25, -0.2) is 4.98 Å². The molecular formula is C16H11ClN4O. The average molecular weight is 311 g/mol. The molecule has 1 N–H and O–H groups in total. The Kier molecular flexibility index (Phi) is 3.53. The van der Waals surface area contributed by atoms with E-state index < -0.39 is 0 Å². The van der Waals surface area contributed by atoms with Crippen LogP contribution in [0.2, 0.25) is 5.02 Å². The Labute approximate surface area is 131 Å². The lowest BCUT2D eigenvalue weighted by atomic mass is 10.2. The van der Waals surface area contributed by atoms with Crippen molar-refractivity contribution < 1.29 is 4.79 Å². The Hall–Kier alpha value is -2.84. The van der Waals surface area contributed by atoms with Crippen LogP contribution in [0.5, 0.6) is 0 Å². The lowest BCUT2D eigenvalue weighted by Gasteiger charge is -2.07. The van der Waals surface area contributed by atoms with Crippen LogP contribution in [0.25, 0.3) is 5.65 Å². The lowest BCUT2D eigenvalue weighted by Crippen LogP contribution is -2.16. The number of aromatic nitrogens is 2. The molecule has 0 aliphatic heterocycles. The van der Waals surface area contributed by atoms with Gasteiger partial charge in [-0.05, 0) is 31.2 Å². The van der Waals surface area contributed by atoms with E-state index in [2.05, 4.69) is 10.3 Å². The maximum Gasteiger partial charge on any atom is 0.274 e. The first-order valence-corrected chi connectivity index (χ1v) is 6.92. The number of benzene rings is 1. The second-order valence-corrected chi connectivity index (χ2v) is 5.17. The number of nitriles is 1. The third-order valence-electron chi connectivity index (χ3n) is 3.27. The molecule has 0 saturated heterocycles. The number of carbonyl (C=O) groups is 1. The number of para-hydroxylation sites is 1. The molecule has 1 amide bonds. The smallest absolute Gasteiger partial charge is 0.274 e. The highest BCUT2D eigenvalue weighted by molar-refractivity contribution is 6.30. The Bertz CT molecular complexity index is 924. The zero-order valence-corrected chi connectivity index (χ0v) is 12.4. The average Bonchev–Trinajstić information content (AvgIpc) is 2.83. The maximum absolute atomic E-state index is 12.6. The van der Waals surface area contributed by atoms with Crippen LogP contribution in [0.15, 0.2) is 42.6 Å². The monoisotopic (exact) mass is 310 g/mol.